The Bertz CT molecular complexity index is 328. The zero-order chi connectivity index (χ0) is 9.68. The van der Waals surface area contributed by atoms with Crippen molar-refractivity contribution >= 4 is 0 Å². The van der Waals surface area contributed by atoms with Gasteiger partial charge in [0.25, 0.3) is 0 Å². The van der Waals surface area contributed by atoms with E-state index in [0.29, 0.717) is 18.1 Å². The van der Waals surface area contributed by atoms with Gasteiger partial charge >= 0.3 is 0 Å². The van der Waals surface area contributed by atoms with E-state index in [-0.39, 0.29) is 0 Å². The van der Waals surface area contributed by atoms with Crippen molar-refractivity contribution in [2.24, 2.45) is 0 Å². The van der Waals surface area contributed by atoms with E-state index in [1.54, 1.807) is 26.5 Å². The van der Waals surface area contributed by atoms with E-state index in [4.69, 9.17) is 15.9 Å². The number of pyridine rings is 1. The highest BCUT2D eigenvalue weighted by atomic mass is 16.5. The van der Waals surface area contributed by atoms with Crippen LogP contribution in [0.25, 0.3) is 0 Å². The van der Waals surface area contributed by atoms with Gasteiger partial charge in [0.05, 0.1) is 20.4 Å². The molecule has 13 heavy (non-hydrogen) atoms. The third-order valence-electron chi connectivity index (χ3n) is 1.64. The SMILES string of the molecule is C#CCc1cc(OC)ncc1OC. The molecule has 0 spiro atoms. The summed E-state index contributed by atoms with van der Waals surface area (Å²) in [5.74, 6) is 3.79. The van der Waals surface area contributed by atoms with E-state index in [9.17, 15) is 0 Å². The zero-order valence-electron chi connectivity index (χ0n) is 7.70. The van der Waals surface area contributed by atoms with Crippen molar-refractivity contribution in [2.45, 2.75) is 6.42 Å². The van der Waals surface area contributed by atoms with Gasteiger partial charge in [0.15, 0.2) is 0 Å². The molecule has 0 N–H and O–H groups in total. The van der Waals surface area contributed by atoms with E-state index in [2.05, 4.69) is 10.9 Å². The van der Waals surface area contributed by atoms with Crippen LogP contribution in [0, 0.1) is 12.3 Å². The van der Waals surface area contributed by atoms with Crippen LogP contribution < -0.4 is 9.47 Å². The van der Waals surface area contributed by atoms with Crippen molar-refractivity contribution in [3.05, 3.63) is 17.8 Å². The number of ether oxygens (including phenoxy) is 2. The predicted molar refractivity (Wildman–Crippen MR) is 49.9 cm³/mol. The van der Waals surface area contributed by atoms with Crippen LogP contribution in [0.1, 0.15) is 5.56 Å². The van der Waals surface area contributed by atoms with Crippen LogP contribution in [0.3, 0.4) is 0 Å². The molecule has 3 nitrogen and oxygen atoms in total. The predicted octanol–water partition coefficient (Wildman–Crippen LogP) is 1.27. The number of aromatic nitrogens is 1. The second-order valence-corrected chi connectivity index (χ2v) is 2.42. The fourth-order valence-corrected chi connectivity index (χ4v) is 1.01. The van der Waals surface area contributed by atoms with E-state index in [0.717, 1.165) is 5.56 Å². The van der Waals surface area contributed by atoms with E-state index in [1.807, 2.05) is 0 Å². The highest BCUT2D eigenvalue weighted by Gasteiger charge is 2.03. The Morgan fingerprint density at radius 2 is 2.23 bits per heavy atom. The Morgan fingerprint density at radius 1 is 1.46 bits per heavy atom. The molecule has 1 aromatic heterocycles. The summed E-state index contributed by atoms with van der Waals surface area (Å²) >= 11 is 0. The maximum absolute atomic E-state index is 5.21. The molecule has 0 unspecified atom stereocenters. The molecular formula is C10H11NO2. The standard InChI is InChI=1S/C10H11NO2/c1-4-5-8-6-10(13-3)11-7-9(8)12-2/h1,6-7H,5H2,2-3H3. The van der Waals surface area contributed by atoms with E-state index in [1.165, 1.54) is 0 Å². The van der Waals surface area contributed by atoms with Gasteiger partial charge < -0.3 is 9.47 Å². The lowest BCUT2D eigenvalue weighted by atomic mass is 10.2. The molecule has 0 saturated heterocycles. The highest BCUT2D eigenvalue weighted by Crippen LogP contribution is 2.21. The average molecular weight is 177 g/mol. The number of hydrogen-bond acceptors (Lipinski definition) is 3. The Kier molecular flexibility index (Phi) is 3.15. The van der Waals surface area contributed by atoms with Crippen molar-refractivity contribution in [3.63, 3.8) is 0 Å². The summed E-state index contributed by atoms with van der Waals surface area (Å²) in [7, 11) is 3.15. The van der Waals surface area contributed by atoms with Gasteiger partial charge in [-0.1, -0.05) is 0 Å². The molecule has 1 aromatic rings. The molecule has 1 rings (SSSR count). The molecule has 0 amide bonds. The van der Waals surface area contributed by atoms with Gasteiger partial charge in [-0.3, -0.25) is 0 Å². The molecule has 0 aliphatic heterocycles. The smallest absolute Gasteiger partial charge is 0.213 e. The number of methoxy groups -OCH3 is 2. The molecule has 0 fully saturated rings. The van der Waals surface area contributed by atoms with Gasteiger partial charge in [-0.05, 0) is 0 Å². The van der Waals surface area contributed by atoms with Gasteiger partial charge in [0.1, 0.15) is 5.75 Å². The van der Waals surface area contributed by atoms with Crippen LogP contribution in [0.5, 0.6) is 11.6 Å². The van der Waals surface area contributed by atoms with Crippen molar-refractivity contribution in [1.82, 2.24) is 4.98 Å². The summed E-state index contributed by atoms with van der Waals surface area (Å²) in [4.78, 5) is 4.00. The third-order valence-corrected chi connectivity index (χ3v) is 1.64. The van der Waals surface area contributed by atoms with Crippen LogP contribution in [0.2, 0.25) is 0 Å². The largest absolute Gasteiger partial charge is 0.495 e. The number of terminal acetylenes is 1. The topological polar surface area (TPSA) is 31.4 Å². The zero-order valence-corrected chi connectivity index (χ0v) is 7.70. The Labute approximate surface area is 77.7 Å². The molecule has 3 heteroatoms. The molecule has 0 aliphatic carbocycles. The van der Waals surface area contributed by atoms with Crippen LogP contribution in [-0.4, -0.2) is 19.2 Å². The Morgan fingerprint density at radius 3 is 2.77 bits per heavy atom. The number of hydrogen-bond donors (Lipinski definition) is 0. The van der Waals surface area contributed by atoms with Crippen LogP contribution in [-0.2, 0) is 6.42 Å². The fraction of sp³-hybridized carbons (Fsp3) is 0.300. The van der Waals surface area contributed by atoms with Crippen LogP contribution in [0.4, 0.5) is 0 Å². The number of rotatable bonds is 3. The minimum absolute atomic E-state index is 0.516. The molecule has 1 heterocycles. The van der Waals surface area contributed by atoms with Crippen molar-refractivity contribution in [2.75, 3.05) is 14.2 Å². The Hall–Kier alpha value is -1.69. The van der Waals surface area contributed by atoms with Gasteiger partial charge in [0, 0.05) is 18.1 Å². The van der Waals surface area contributed by atoms with Crippen LogP contribution >= 0.6 is 0 Å². The van der Waals surface area contributed by atoms with Crippen molar-refractivity contribution in [1.29, 1.82) is 0 Å². The summed E-state index contributed by atoms with van der Waals surface area (Å²) in [5.41, 5.74) is 0.914. The monoisotopic (exact) mass is 177 g/mol. The molecule has 0 radical (unpaired) electrons. The second kappa shape index (κ2) is 4.36. The maximum Gasteiger partial charge on any atom is 0.213 e. The Balaban J connectivity index is 3.04. The lowest BCUT2D eigenvalue weighted by molar-refractivity contribution is 0.385. The molecular weight excluding hydrogens is 166 g/mol. The second-order valence-electron chi connectivity index (χ2n) is 2.42. The highest BCUT2D eigenvalue weighted by molar-refractivity contribution is 5.36. The lowest BCUT2D eigenvalue weighted by Gasteiger charge is -2.06. The first-order valence-corrected chi connectivity index (χ1v) is 3.82. The van der Waals surface area contributed by atoms with Gasteiger partial charge in [0.2, 0.25) is 5.88 Å². The maximum atomic E-state index is 5.21. The lowest BCUT2D eigenvalue weighted by Crippen LogP contribution is -1.95. The third kappa shape index (κ3) is 2.12. The quantitative estimate of drug-likeness (QED) is 0.651. The minimum atomic E-state index is 0.516. The molecule has 0 aromatic carbocycles. The van der Waals surface area contributed by atoms with Crippen molar-refractivity contribution in [3.8, 4) is 24.0 Å². The molecule has 0 saturated carbocycles. The summed E-state index contributed by atoms with van der Waals surface area (Å²) < 4.78 is 10.0. The van der Waals surface area contributed by atoms with E-state index < -0.39 is 0 Å². The molecule has 0 aliphatic rings. The minimum Gasteiger partial charge on any atom is -0.495 e. The fourth-order valence-electron chi connectivity index (χ4n) is 1.01. The first-order chi connectivity index (χ1) is 6.31. The van der Waals surface area contributed by atoms with Gasteiger partial charge in [-0.2, -0.15) is 0 Å². The first kappa shape index (κ1) is 9.40. The van der Waals surface area contributed by atoms with Gasteiger partial charge in [-0.15, -0.1) is 12.3 Å². The molecule has 0 bridgehead atoms. The number of nitrogens with zero attached hydrogens (tertiary/aromatic N) is 1. The van der Waals surface area contributed by atoms with Crippen molar-refractivity contribution < 1.29 is 9.47 Å². The molecule has 68 valence electrons. The molecule has 0 atom stereocenters. The summed E-state index contributed by atoms with van der Waals surface area (Å²) in [6.45, 7) is 0. The average Bonchev–Trinajstić information content (AvgIpc) is 2.18. The van der Waals surface area contributed by atoms with E-state index >= 15 is 0 Å². The first-order valence-electron chi connectivity index (χ1n) is 3.82. The normalized spacial score (nSPS) is 9.00. The summed E-state index contributed by atoms with van der Waals surface area (Å²) in [6, 6.07) is 1.78. The summed E-state index contributed by atoms with van der Waals surface area (Å²) in [6.07, 6.45) is 7.33. The van der Waals surface area contributed by atoms with Gasteiger partial charge in [-0.25, -0.2) is 4.98 Å². The summed E-state index contributed by atoms with van der Waals surface area (Å²) in [5, 5.41) is 0. The van der Waals surface area contributed by atoms with Crippen LogP contribution in [0.15, 0.2) is 12.3 Å².